The highest BCUT2D eigenvalue weighted by atomic mass is 32.2. The van der Waals surface area contributed by atoms with E-state index in [2.05, 4.69) is 4.98 Å². The Morgan fingerprint density at radius 3 is 2.47 bits per heavy atom. The molecule has 2 aromatic carbocycles. The van der Waals surface area contributed by atoms with Gasteiger partial charge in [0, 0.05) is 25.7 Å². The van der Waals surface area contributed by atoms with Crippen molar-refractivity contribution in [2.24, 2.45) is 0 Å². The second-order valence-electron chi connectivity index (χ2n) is 7.01. The van der Waals surface area contributed by atoms with E-state index in [0.29, 0.717) is 5.76 Å². The highest BCUT2D eigenvalue weighted by Crippen LogP contribution is 2.33. The van der Waals surface area contributed by atoms with Gasteiger partial charge in [0.15, 0.2) is 10.9 Å². The van der Waals surface area contributed by atoms with Crippen molar-refractivity contribution in [3.8, 4) is 0 Å². The minimum atomic E-state index is -3.65. The maximum absolute atomic E-state index is 14.2. The van der Waals surface area contributed by atoms with Crippen LogP contribution >= 0.6 is 11.3 Å². The molecule has 0 aliphatic heterocycles. The Hall–Kier alpha value is -3.15. The van der Waals surface area contributed by atoms with Crippen LogP contribution in [0, 0.1) is 11.6 Å². The Balaban J connectivity index is 1.74. The summed E-state index contributed by atoms with van der Waals surface area (Å²) < 4.78 is 59.0. The molecule has 2 aromatic heterocycles. The number of amides is 1. The zero-order valence-electron chi connectivity index (χ0n) is 17.0. The molecule has 0 saturated heterocycles. The first kappa shape index (κ1) is 22.1. The van der Waals surface area contributed by atoms with E-state index in [9.17, 15) is 22.0 Å². The molecule has 0 N–H and O–H groups in total. The number of thiazole rings is 1. The van der Waals surface area contributed by atoms with Gasteiger partial charge in [0.2, 0.25) is 10.0 Å². The number of hydrogen-bond donors (Lipinski definition) is 0. The predicted octanol–water partition coefficient (Wildman–Crippen LogP) is 4.26. The van der Waals surface area contributed by atoms with Crippen LogP contribution in [0.5, 0.6) is 0 Å². The van der Waals surface area contributed by atoms with Crippen LogP contribution in [0.3, 0.4) is 0 Å². The van der Waals surface area contributed by atoms with E-state index in [4.69, 9.17) is 4.42 Å². The first-order chi connectivity index (χ1) is 15.2. The molecule has 0 aliphatic rings. The van der Waals surface area contributed by atoms with Crippen molar-refractivity contribution in [2.75, 3.05) is 19.0 Å². The van der Waals surface area contributed by atoms with Gasteiger partial charge in [0.25, 0.3) is 5.91 Å². The molecule has 0 atom stereocenters. The number of aromatic nitrogens is 1. The van der Waals surface area contributed by atoms with Gasteiger partial charge in [-0.15, -0.1) is 0 Å². The smallest absolute Gasteiger partial charge is 0.260 e. The number of anilines is 1. The summed E-state index contributed by atoms with van der Waals surface area (Å²) in [4.78, 5) is 18.8. The number of halogens is 2. The molecular formula is C21H17F2N3O4S2. The van der Waals surface area contributed by atoms with Crippen molar-refractivity contribution in [3.05, 3.63) is 77.8 Å². The highest BCUT2D eigenvalue weighted by Gasteiger charge is 2.25. The zero-order chi connectivity index (χ0) is 23.0. The number of nitrogens with zero attached hydrogens (tertiary/aromatic N) is 3. The quantitative estimate of drug-likeness (QED) is 0.414. The molecule has 0 fully saturated rings. The molecule has 2 heterocycles. The molecular weight excluding hydrogens is 460 g/mol. The number of benzene rings is 2. The van der Waals surface area contributed by atoms with Crippen LogP contribution in [0.25, 0.3) is 10.2 Å². The molecule has 0 saturated carbocycles. The summed E-state index contributed by atoms with van der Waals surface area (Å²) in [5.41, 5.74) is 0.149. The van der Waals surface area contributed by atoms with Crippen molar-refractivity contribution < 1.29 is 26.4 Å². The summed E-state index contributed by atoms with van der Waals surface area (Å²) in [6, 6.07) is 10.7. The van der Waals surface area contributed by atoms with Gasteiger partial charge in [-0.25, -0.2) is 26.5 Å². The van der Waals surface area contributed by atoms with Crippen LogP contribution in [-0.4, -0.2) is 37.7 Å². The van der Waals surface area contributed by atoms with Crippen molar-refractivity contribution in [2.45, 2.75) is 11.4 Å². The van der Waals surface area contributed by atoms with E-state index >= 15 is 0 Å². The number of carbonyl (C=O) groups excluding carboxylic acids is 1. The molecule has 0 unspecified atom stereocenters. The number of rotatable bonds is 6. The monoisotopic (exact) mass is 477 g/mol. The largest absolute Gasteiger partial charge is 0.467 e. The van der Waals surface area contributed by atoms with Gasteiger partial charge in [-0.05, 0) is 42.5 Å². The third kappa shape index (κ3) is 4.14. The van der Waals surface area contributed by atoms with Crippen LogP contribution in [0.2, 0.25) is 0 Å². The molecule has 0 bridgehead atoms. The molecule has 32 heavy (non-hydrogen) atoms. The molecule has 166 valence electrons. The normalized spacial score (nSPS) is 11.9. The third-order valence-corrected chi connectivity index (χ3v) is 7.51. The maximum atomic E-state index is 14.2. The molecule has 11 heteroatoms. The van der Waals surface area contributed by atoms with Gasteiger partial charge in [0.1, 0.15) is 17.1 Å². The van der Waals surface area contributed by atoms with Crippen LogP contribution in [0.4, 0.5) is 13.9 Å². The van der Waals surface area contributed by atoms with Crippen LogP contribution in [0.1, 0.15) is 16.1 Å². The average molecular weight is 478 g/mol. The van der Waals surface area contributed by atoms with Crippen molar-refractivity contribution in [1.82, 2.24) is 9.29 Å². The van der Waals surface area contributed by atoms with Crippen molar-refractivity contribution in [3.63, 3.8) is 0 Å². The van der Waals surface area contributed by atoms with Gasteiger partial charge < -0.3 is 4.42 Å². The lowest BCUT2D eigenvalue weighted by Gasteiger charge is -2.19. The number of furan rings is 1. The maximum Gasteiger partial charge on any atom is 0.260 e. The Kier molecular flexibility index (Phi) is 5.80. The third-order valence-electron chi connectivity index (χ3n) is 4.65. The summed E-state index contributed by atoms with van der Waals surface area (Å²) in [6.45, 7) is -0.00644. The fourth-order valence-corrected chi connectivity index (χ4v) is 4.89. The van der Waals surface area contributed by atoms with Crippen molar-refractivity contribution >= 4 is 42.6 Å². The molecule has 0 spiro atoms. The van der Waals surface area contributed by atoms with Gasteiger partial charge in [0.05, 0.1) is 22.4 Å². The van der Waals surface area contributed by atoms with Crippen LogP contribution in [0.15, 0.2) is 64.1 Å². The molecule has 4 rings (SSSR count). The summed E-state index contributed by atoms with van der Waals surface area (Å²) >= 11 is 0.960. The Morgan fingerprint density at radius 2 is 1.84 bits per heavy atom. The van der Waals surface area contributed by atoms with Crippen LogP contribution < -0.4 is 4.90 Å². The van der Waals surface area contributed by atoms with Crippen LogP contribution in [-0.2, 0) is 16.6 Å². The second kappa shape index (κ2) is 8.41. The molecule has 7 nitrogen and oxygen atoms in total. The fourth-order valence-electron chi connectivity index (χ4n) is 2.98. The lowest BCUT2D eigenvalue weighted by Crippen LogP contribution is -2.30. The minimum Gasteiger partial charge on any atom is -0.467 e. The van der Waals surface area contributed by atoms with Gasteiger partial charge >= 0.3 is 0 Å². The Bertz CT molecular complexity index is 1380. The average Bonchev–Trinajstić information content (AvgIpc) is 3.41. The lowest BCUT2D eigenvalue weighted by atomic mass is 10.2. The summed E-state index contributed by atoms with van der Waals surface area (Å²) in [6.07, 6.45) is 1.45. The predicted molar refractivity (Wildman–Crippen MR) is 116 cm³/mol. The van der Waals surface area contributed by atoms with E-state index in [0.717, 1.165) is 27.8 Å². The van der Waals surface area contributed by atoms with E-state index in [1.807, 2.05) is 0 Å². The molecule has 0 aliphatic carbocycles. The highest BCUT2D eigenvalue weighted by molar-refractivity contribution is 7.89. The summed E-state index contributed by atoms with van der Waals surface area (Å²) in [7, 11) is -0.830. The topological polar surface area (TPSA) is 83.7 Å². The van der Waals surface area contributed by atoms with E-state index in [1.165, 1.54) is 49.5 Å². The second-order valence-corrected chi connectivity index (χ2v) is 10.2. The lowest BCUT2D eigenvalue weighted by molar-refractivity contribution is 0.0983. The van der Waals surface area contributed by atoms with E-state index in [1.54, 1.807) is 12.1 Å². The van der Waals surface area contributed by atoms with Gasteiger partial charge in [-0.3, -0.25) is 9.69 Å². The number of carbonyl (C=O) groups is 1. The Morgan fingerprint density at radius 1 is 1.12 bits per heavy atom. The Labute approximate surface area is 186 Å². The number of fused-ring (bicyclic) bond motifs is 1. The first-order valence-electron chi connectivity index (χ1n) is 9.29. The summed E-state index contributed by atoms with van der Waals surface area (Å²) in [5.74, 6) is -1.62. The van der Waals surface area contributed by atoms with Gasteiger partial charge in [-0.1, -0.05) is 11.3 Å². The van der Waals surface area contributed by atoms with Crippen molar-refractivity contribution in [1.29, 1.82) is 0 Å². The number of hydrogen-bond acceptors (Lipinski definition) is 6. The fraction of sp³-hybridized carbons (Fsp3) is 0.143. The standard InChI is InChI=1S/C21H17F2N3O4S2/c1-25(2)32(28,29)16-7-5-13(6-8-16)20(27)26(12-15-4-3-9-30-15)21-24-19-17(23)10-14(22)11-18(19)31-21/h3-11H,12H2,1-2H3. The molecule has 4 aromatic rings. The van der Waals surface area contributed by atoms with E-state index < -0.39 is 27.6 Å². The number of sulfonamides is 1. The first-order valence-corrected chi connectivity index (χ1v) is 11.5. The zero-order valence-corrected chi connectivity index (χ0v) is 18.6. The molecule has 1 amide bonds. The molecule has 0 radical (unpaired) electrons. The van der Waals surface area contributed by atoms with Gasteiger partial charge in [-0.2, -0.15) is 0 Å². The SMILES string of the molecule is CN(C)S(=O)(=O)c1ccc(C(=O)N(Cc2ccco2)c2nc3c(F)cc(F)cc3s2)cc1. The van der Waals surface area contributed by atoms with E-state index in [-0.39, 0.29) is 32.4 Å². The summed E-state index contributed by atoms with van der Waals surface area (Å²) in [5, 5.41) is 0.149. The minimum absolute atomic E-state index is 0.00644.